The molecule has 0 amide bonds. The van der Waals surface area contributed by atoms with Gasteiger partial charge in [0.25, 0.3) is 0 Å². The van der Waals surface area contributed by atoms with E-state index in [1.54, 1.807) is 14.2 Å². The Morgan fingerprint density at radius 3 is 2.39 bits per heavy atom. The van der Waals surface area contributed by atoms with E-state index in [0.717, 1.165) is 29.5 Å². The second kappa shape index (κ2) is 5.82. The number of carbonyl (C=O) groups excluding carboxylic acids is 1. The Kier molecular flexibility index (Phi) is 4.37. The molecule has 1 aliphatic heterocycles. The average Bonchev–Trinajstić information content (AvgIpc) is 2.81. The van der Waals surface area contributed by atoms with Gasteiger partial charge < -0.3 is 14.4 Å². The fourth-order valence-electron chi connectivity index (χ4n) is 2.30. The van der Waals surface area contributed by atoms with Crippen LogP contribution in [0.3, 0.4) is 0 Å². The molecule has 18 heavy (non-hydrogen) atoms. The lowest BCUT2D eigenvalue weighted by atomic mass is 10.2. The van der Waals surface area contributed by atoms with E-state index in [1.807, 2.05) is 18.2 Å². The Balaban J connectivity index is 2.25. The van der Waals surface area contributed by atoms with Gasteiger partial charge in [0.2, 0.25) is 0 Å². The summed E-state index contributed by atoms with van der Waals surface area (Å²) in [5.41, 5.74) is 1.60. The summed E-state index contributed by atoms with van der Waals surface area (Å²) in [6.07, 6.45) is 0.957. The molecular formula is C13H16BrNO3. The highest BCUT2D eigenvalue weighted by molar-refractivity contribution is 9.10. The van der Waals surface area contributed by atoms with E-state index in [0.29, 0.717) is 5.56 Å². The molecule has 1 aliphatic rings. The van der Waals surface area contributed by atoms with Gasteiger partial charge in [-0.3, -0.25) is 4.79 Å². The summed E-state index contributed by atoms with van der Waals surface area (Å²) in [7, 11) is 3.37. The Hall–Kier alpha value is -0.910. The molecule has 0 saturated carbocycles. The number of methoxy groups -OCH3 is 2. The van der Waals surface area contributed by atoms with Crippen molar-refractivity contribution in [2.24, 2.45) is 0 Å². The summed E-state index contributed by atoms with van der Waals surface area (Å²) in [5.74, 6) is 0. The van der Waals surface area contributed by atoms with Gasteiger partial charge in [0, 0.05) is 43.0 Å². The van der Waals surface area contributed by atoms with Crippen molar-refractivity contribution in [2.45, 2.75) is 12.2 Å². The van der Waals surface area contributed by atoms with Gasteiger partial charge in [-0.05, 0) is 18.2 Å². The van der Waals surface area contributed by atoms with Crippen molar-refractivity contribution in [3.8, 4) is 0 Å². The number of hydrogen-bond acceptors (Lipinski definition) is 4. The minimum absolute atomic E-state index is 0.0400. The first-order valence-corrected chi connectivity index (χ1v) is 6.54. The first kappa shape index (κ1) is 13.5. The van der Waals surface area contributed by atoms with Gasteiger partial charge in [-0.15, -0.1) is 0 Å². The molecule has 1 saturated heterocycles. The molecular weight excluding hydrogens is 298 g/mol. The lowest BCUT2D eigenvalue weighted by molar-refractivity contribution is -0.00461. The van der Waals surface area contributed by atoms with Crippen LogP contribution in [-0.2, 0) is 9.47 Å². The zero-order valence-corrected chi connectivity index (χ0v) is 12.0. The van der Waals surface area contributed by atoms with Crippen molar-refractivity contribution < 1.29 is 14.3 Å². The number of halogens is 1. The predicted octanol–water partition coefficient (Wildman–Crippen LogP) is 2.11. The van der Waals surface area contributed by atoms with Crippen LogP contribution in [-0.4, -0.2) is 45.8 Å². The molecule has 2 unspecified atom stereocenters. The third-order valence-electron chi connectivity index (χ3n) is 3.28. The molecule has 0 radical (unpaired) electrons. The fraction of sp³-hybridized carbons (Fsp3) is 0.462. The van der Waals surface area contributed by atoms with E-state index in [4.69, 9.17) is 9.47 Å². The topological polar surface area (TPSA) is 38.8 Å². The van der Waals surface area contributed by atoms with Crippen molar-refractivity contribution in [3.05, 3.63) is 28.2 Å². The van der Waals surface area contributed by atoms with Crippen LogP contribution >= 0.6 is 15.9 Å². The lowest BCUT2D eigenvalue weighted by Gasteiger charge is -2.20. The number of hydrogen-bond donors (Lipinski definition) is 0. The summed E-state index contributed by atoms with van der Waals surface area (Å²) in [6.45, 7) is 1.47. The van der Waals surface area contributed by atoms with Gasteiger partial charge >= 0.3 is 0 Å². The summed E-state index contributed by atoms with van der Waals surface area (Å²) in [6, 6.07) is 5.70. The minimum Gasteiger partial charge on any atom is -0.377 e. The number of rotatable bonds is 4. The van der Waals surface area contributed by atoms with Crippen molar-refractivity contribution in [1.82, 2.24) is 0 Å². The lowest BCUT2D eigenvalue weighted by Crippen LogP contribution is -2.27. The molecule has 1 aromatic carbocycles. The average molecular weight is 314 g/mol. The first-order valence-electron chi connectivity index (χ1n) is 5.75. The molecule has 2 atom stereocenters. The number of benzene rings is 1. The molecule has 0 aromatic heterocycles. The minimum atomic E-state index is 0.0400. The summed E-state index contributed by atoms with van der Waals surface area (Å²) >= 11 is 3.37. The number of aldehydes is 1. The smallest absolute Gasteiger partial charge is 0.152 e. The quantitative estimate of drug-likeness (QED) is 0.798. The van der Waals surface area contributed by atoms with Crippen molar-refractivity contribution in [3.63, 3.8) is 0 Å². The highest BCUT2D eigenvalue weighted by Gasteiger charge is 2.33. The second-order valence-corrected chi connectivity index (χ2v) is 5.19. The Labute approximate surface area is 115 Å². The van der Waals surface area contributed by atoms with Crippen molar-refractivity contribution in [1.29, 1.82) is 0 Å². The molecule has 5 heteroatoms. The van der Waals surface area contributed by atoms with E-state index in [2.05, 4.69) is 20.8 Å². The normalized spacial score (nSPS) is 23.4. The van der Waals surface area contributed by atoms with Gasteiger partial charge in [0.1, 0.15) is 12.2 Å². The molecule has 0 N–H and O–H groups in total. The molecule has 0 spiro atoms. The molecule has 0 bridgehead atoms. The highest BCUT2D eigenvalue weighted by atomic mass is 79.9. The van der Waals surface area contributed by atoms with Crippen LogP contribution in [0.4, 0.5) is 5.69 Å². The fourth-order valence-corrected chi connectivity index (χ4v) is 2.68. The molecule has 98 valence electrons. The number of nitrogens with zero attached hydrogens (tertiary/aromatic N) is 1. The molecule has 4 nitrogen and oxygen atoms in total. The molecule has 2 rings (SSSR count). The molecule has 0 aliphatic carbocycles. The van der Waals surface area contributed by atoms with E-state index in [1.165, 1.54) is 0 Å². The third kappa shape index (κ3) is 2.58. The molecule has 1 fully saturated rings. The Bertz CT molecular complexity index is 426. The first-order chi connectivity index (χ1) is 8.69. The molecule has 1 heterocycles. The van der Waals surface area contributed by atoms with Crippen LogP contribution in [0.25, 0.3) is 0 Å². The summed E-state index contributed by atoms with van der Waals surface area (Å²) in [4.78, 5) is 13.3. The van der Waals surface area contributed by atoms with Crippen molar-refractivity contribution >= 4 is 27.9 Å². The molecule has 1 aromatic rings. The van der Waals surface area contributed by atoms with E-state index in [9.17, 15) is 4.79 Å². The van der Waals surface area contributed by atoms with Crippen molar-refractivity contribution in [2.75, 3.05) is 32.2 Å². The Morgan fingerprint density at radius 2 is 1.89 bits per heavy atom. The predicted molar refractivity (Wildman–Crippen MR) is 73.3 cm³/mol. The van der Waals surface area contributed by atoms with Gasteiger partial charge in [-0.25, -0.2) is 0 Å². The largest absolute Gasteiger partial charge is 0.377 e. The maximum absolute atomic E-state index is 11.1. The summed E-state index contributed by atoms with van der Waals surface area (Å²) in [5, 5.41) is 0. The van der Waals surface area contributed by atoms with E-state index >= 15 is 0 Å². The van der Waals surface area contributed by atoms with Gasteiger partial charge in [-0.1, -0.05) is 15.9 Å². The van der Waals surface area contributed by atoms with Crippen LogP contribution < -0.4 is 4.90 Å². The van der Waals surface area contributed by atoms with Crippen LogP contribution in [0, 0.1) is 0 Å². The van der Waals surface area contributed by atoms with Gasteiger partial charge in [-0.2, -0.15) is 0 Å². The second-order valence-electron chi connectivity index (χ2n) is 4.27. The van der Waals surface area contributed by atoms with E-state index < -0.39 is 0 Å². The highest BCUT2D eigenvalue weighted by Crippen LogP contribution is 2.28. The standard InChI is InChI=1S/C13H16BrNO3/c1-17-12-6-15(7-13(12)18-2)11-4-3-10(14)5-9(11)8-16/h3-5,8,12-13H,6-7H2,1-2H3. The number of ether oxygens (including phenoxy) is 2. The van der Waals surface area contributed by atoms with E-state index in [-0.39, 0.29) is 12.2 Å². The van der Waals surface area contributed by atoms with Crippen LogP contribution in [0.2, 0.25) is 0 Å². The number of anilines is 1. The monoisotopic (exact) mass is 313 g/mol. The van der Waals surface area contributed by atoms with Gasteiger partial charge in [0.15, 0.2) is 6.29 Å². The maximum atomic E-state index is 11.1. The van der Waals surface area contributed by atoms with Crippen LogP contribution in [0.5, 0.6) is 0 Å². The number of carbonyl (C=O) groups is 1. The van der Waals surface area contributed by atoms with Crippen LogP contribution in [0.1, 0.15) is 10.4 Å². The Morgan fingerprint density at radius 1 is 1.28 bits per heavy atom. The SMILES string of the molecule is COC1CN(c2ccc(Br)cc2C=O)CC1OC. The zero-order valence-electron chi connectivity index (χ0n) is 10.4. The zero-order chi connectivity index (χ0) is 13.1. The third-order valence-corrected chi connectivity index (χ3v) is 3.77. The maximum Gasteiger partial charge on any atom is 0.152 e. The van der Waals surface area contributed by atoms with Crippen LogP contribution in [0.15, 0.2) is 22.7 Å². The van der Waals surface area contributed by atoms with Gasteiger partial charge in [0.05, 0.1) is 0 Å². The summed E-state index contributed by atoms with van der Waals surface area (Å²) < 4.78 is 11.7.